The predicted octanol–water partition coefficient (Wildman–Crippen LogP) is 4.83. The molecular formula is C28H28F8N4O5S. The zero-order valence-electron chi connectivity index (χ0n) is 23.8. The molecule has 18 heteroatoms. The van der Waals surface area contributed by atoms with E-state index in [-0.39, 0.29) is 11.3 Å². The molecule has 1 aliphatic heterocycles. The van der Waals surface area contributed by atoms with E-state index in [0.717, 1.165) is 29.2 Å². The monoisotopic (exact) mass is 684 g/mol. The number of alkyl halides is 5. The lowest BCUT2D eigenvalue weighted by atomic mass is 9.79. The Balaban J connectivity index is 1.55. The van der Waals surface area contributed by atoms with Gasteiger partial charge in [0.1, 0.15) is 35.5 Å². The smallest absolute Gasteiger partial charge is 0.394 e. The number of methoxy groups -OCH3 is 1. The van der Waals surface area contributed by atoms with Gasteiger partial charge in [0.2, 0.25) is 5.92 Å². The van der Waals surface area contributed by atoms with Gasteiger partial charge in [-0.2, -0.15) is 13.2 Å². The van der Waals surface area contributed by atoms with Crippen LogP contribution in [-0.2, 0) is 15.7 Å². The third-order valence-corrected chi connectivity index (χ3v) is 9.77. The summed E-state index contributed by atoms with van der Waals surface area (Å²) in [5.74, 6) is -7.85. The van der Waals surface area contributed by atoms with Crippen molar-refractivity contribution in [3.8, 4) is 11.3 Å². The Labute approximate surface area is 260 Å². The van der Waals surface area contributed by atoms with E-state index in [4.69, 9.17) is 9.47 Å². The van der Waals surface area contributed by atoms with Crippen molar-refractivity contribution < 1.29 is 59.9 Å². The molecule has 3 aromatic rings. The lowest BCUT2D eigenvalue weighted by Gasteiger charge is -2.47. The number of aromatic nitrogens is 4. The quantitative estimate of drug-likeness (QED) is 0.226. The Morgan fingerprint density at radius 3 is 2.37 bits per heavy atom. The van der Waals surface area contributed by atoms with Crippen molar-refractivity contribution in [2.24, 2.45) is 0 Å². The Morgan fingerprint density at radius 1 is 1.13 bits per heavy atom. The zero-order chi connectivity index (χ0) is 33.6. The highest BCUT2D eigenvalue weighted by molar-refractivity contribution is 8.00. The number of thioether (sulfide) groups is 1. The maximum atomic E-state index is 14.2. The van der Waals surface area contributed by atoms with Gasteiger partial charge in [-0.15, -0.1) is 16.9 Å². The topological polar surface area (TPSA) is 123 Å². The maximum Gasteiger partial charge on any atom is 0.418 e. The van der Waals surface area contributed by atoms with Crippen LogP contribution >= 0.6 is 11.8 Å². The van der Waals surface area contributed by atoms with Gasteiger partial charge in [0, 0.05) is 31.7 Å². The number of aliphatic hydroxyl groups is 3. The van der Waals surface area contributed by atoms with Crippen LogP contribution in [0.15, 0.2) is 36.7 Å². The first-order chi connectivity index (χ1) is 21.6. The van der Waals surface area contributed by atoms with E-state index >= 15 is 0 Å². The Morgan fingerprint density at radius 2 is 1.78 bits per heavy atom. The van der Waals surface area contributed by atoms with Crippen molar-refractivity contribution in [2.75, 3.05) is 13.7 Å². The zero-order valence-corrected chi connectivity index (χ0v) is 24.7. The molecule has 2 fully saturated rings. The van der Waals surface area contributed by atoms with Gasteiger partial charge < -0.3 is 24.8 Å². The van der Waals surface area contributed by atoms with Crippen LogP contribution in [0.1, 0.15) is 48.2 Å². The van der Waals surface area contributed by atoms with Crippen LogP contribution in [0, 0.1) is 17.5 Å². The van der Waals surface area contributed by atoms with Crippen molar-refractivity contribution in [3.63, 3.8) is 0 Å². The van der Waals surface area contributed by atoms with Crippen molar-refractivity contribution in [1.82, 2.24) is 20.0 Å². The molecular weight excluding hydrogens is 656 g/mol. The first-order valence-corrected chi connectivity index (χ1v) is 14.8. The number of aliphatic hydroxyl groups excluding tert-OH is 2. The molecule has 1 aliphatic carbocycles. The van der Waals surface area contributed by atoms with Crippen LogP contribution in [0.3, 0.4) is 0 Å². The van der Waals surface area contributed by atoms with E-state index in [9.17, 15) is 50.4 Å². The molecule has 1 unspecified atom stereocenters. The normalized spacial score (nSPS) is 27.0. The van der Waals surface area contributed by atoms with Crippen LogP contribution < -0.4 is 0 Å². The number of ether oxygens (including phenoxy) is 2. The van der Waals surface area contributed by atoms with Crippen LogP contribution in [0.25, 0.3) is 11.3 Å². The fourth-order valence-electron chi connectivity index (χ4n) is 5.74. The minimum Gasteiger partial charge on any atom is -0.394 e. The molecule has 9 nitrogen and oxygen atoms in total. The third-order valence-electron chi connectivity index (χ3n) is 8.19. The summed E-state index contributed by atoms with van der Waals surface area (Å²) in [5, 5.41) is 39.0. The number of nitrogens with zero attached hydrogens (tertiary/aromatic N) is 4. The molecule has 0 radical (unpaired) electrons. The summed E-state index contributed by atoms with van der Waals surface area (Å²) in [4.78, 5) is 3.91. The first kappa shape index (κ1) is 34.4. The minimum atomic E-state index is -4.94. The number of benzene rings is 1. The van der Waals surface area contributed by atoms with Gasteiger partial charge in [0.15, 0.2) is 17.5 Å². The summed E-state index contributed by atoms with van der Waals surface area (Å²) < 4.78 is 125. The molecule has 3 N–H and O–H groups in total. The van der Waals surface area contributed by atoms with Crippen LogP contribution in [0.2, 0.25) is 0 Å². The molecule has 0 spiro atoms. The van der Waals surface area contributed by atoms with Crippen molar-refractivity contribution >= 4 is 11.8 Å². The van der Waals surface area contributed by atoms with Crippen molar-refractivity contribution in [3.05, 3.63) is 65.4 Å². The predicted molar refractivity (Wildman–Crippen MR) is 145 cm³/mol. The second-order valence-corrected chi connectivity index (χ2v) is 12.4. The molecule has 5 rings (SSSR count). The van der Waals surface area contributed by atoms with Gasteiger partial charge in [-0.1, -0.05) is 5.21 Å². The van der Waals surface area contributed by atoms with Gasteiger partial charge in [0.05, 0.1) is 34.9 Å². The SMILES string of the molecule is CO[C@@H]1[C@@H](n2cc(-c3cc(F)c(F)c(F)c3)nn2)[C@@H](O)[C@@H](CO)O[C@H]1SC(c1ncccc1C(F)(F)F)C1(O)CCC(F)(F)CC1. The number of hydrogen-bond acceptors (Lipinski definition) is 9. The molecule has 6 atom stereocenters. The molecule has 1 aromatic carbocycles. The van der Waals surface area contributed by atoms with Gasteiger partial charge in [-0.05, 0) is 37.1 Å². The molecule has 0 amide bonds. The average molecular weight is 685 g/mol. The van der Waals surface area contributed by atoms with Crippen LogP contribution in [0.5, 0.6) is 0 Å². The molecule has 46 heavy (non-hydrogen) atoms. The second-order valence-electron chi connectivity index (χ2n) is 11.2. The Bertz CT molecular complexity index is 1510. The van der Waals surface area contributed by atoms with E-state index in [0.29, 0.717) is 23.9 Å². The third kappa shape index (κ3) is 6.73. The highest BCUT2D eigenvalue weighted by atomic mass is 32.2. The summed E-state index contributed by atoms with van der Waals surface area (Å²) in [6.07, 6.45) is -9.81. The van der Waals surface area contributed by atoms with E-state index in [2.05, 4.69) is 15.3 Å². The van der Waals surface area contributed by atoms with E-state index < -0.39 is 114 Å². The first-order valence-electron chi connectivity index (χ1n) is 13.9. The Kier molecular flexibility index (Phi) is 9.70. The maximum absolute atomic E-state index is 14.2. The van der Waals surface area contributed by atoms with Gasteiger partial charge >= 0.3 is 6.18 Å². The van der Waals surface area contributed by atoms with E-state index in [1.54, 1.807) is 0 Å². The molecule has 1 saturated heterocycles. The number of halogens is 8. The highest BCUT2D eigenvalue weighted by Gasteiger charge is 2.54. The molecule has 2 aromatic heterocycles. The van der Waals surface area contributed by atoms with Crippen LogP contribution in [0.4, 0.5) is 35.1 Å². The largest absolute Gasteiger partial charge is 0.418 e. The standard InChI is InChI=1S/C28H28F8N4O5S/c1-44-23-21(40-11-17(38-39-40)13-9-15(29)19(31)16(30)10-13)22(42)18(12-41)45-25(23)46-24(26(43)4-6-27(32,33)7-5-26)20-14(28(34,35)36)3-2-8-37-20/h2-3,8-11,18,21-25,41-43H,4-7,12H2,1H3/t18-,21+,22+,23-,24?,25+/m1/s1. The fourth-order valence-corrected chi connectivity index (χ4v) is 7.45. The fraction of sp³-hybridized carbons (Fsp3) is 0.536. The van der Waals surface area contributed by atoms with E-state index in [1.165, 1.54) is 7.11 Å². The average Bonchev–Trinajstić information content (AvgIpc) is 3.49. The van der Waals surface area contributed by atoms with Gasteiger partial charge in [-0.25, -0.2) is 26.6 Å². The van der Waals surface area contributed by atoms with Crippen molar-refractivity contribution in [2.45, 2.75) is 78.4 Å². The number of pyridine rings is 1. The lowest BCUT2D eigenvalue weighted by molar-refractivity contribution is -0.186. The van der Waals surface area contributed by atoms with Gasteiger partial charge in [-0.3, -0.25) is 4.98 Å². The molecule has 1 saturated carbocycles. The van der Waals surface area contributed by atoms with Gasteiger partial charge in [0.25, 0.3) is 0 Å². The lowest BCUT2D eigenvalue weighted by Crippen LogP contribution is -2.56. The Hall–Kier alpha value is -2.90. The van der Waals surface area contributed by atoms with Crippen molar-refractivity contribution in [1.29, 1.82) is 0 Å². The summed E-state index contributed by atoms with van der Waals surface area (Å²) in [7, 11) is 1.18. The minimum absolute atomic E-state index is 0.158. The summed E-state index contributed by atoms with van der Waals surface area (Å²) in [6.45, 7) is -0.806. The molecule has 0 bridgehead atoms. The molecule has 252 valence electrons. The number of rotatable bonds is 8. The summed E-state index contributed by atoms with van der Waals surface area (Å²) in [5.41, 5.74) is -5.73. The summed E-state index contributed by atoms with van der Waals surface area (Å²) >= 11 is 0.586. The highest BCUT2D eigenvalue weighted by Crippen LogP contribution is 2.54. The summed E-state index contributed by atoms with van der Waals surface area (Å²) in [6, 6.07) is 1.81. The van der Waals surface area contributed by atoms with E-state index in [1.807, 2.05) is 0 Å². The molecule has 3 heterocycles. The second kappa shape index (κ2) is 13.0. The number of hydrogen-bond donors (Lipinski definition) is 3. The van der Waals surface area contributed by atoms with Crippen LogP contribution in [-0.4, -0.2) is 84.3 Å². The molecule has 2 aliphatic rings.